The molecule has 2 N–H and O–H groups in total. The predicted molar refractivity (Wildman–Crippen MR) is 55.9 cm³/mol. The highest BCUT2D eigenvalue weighted by atomic mass is 35.5. The Balaban J connectivity index is 0.00000169. The van der Waals surface area contributed by atoms with Gasteiger partial charge >= 0.3 is 0 Å². The Morgan fingerprint density at radius 3 is 2.14 bits per heavy atom. The molecule has 80 valence electrons. The van der Waals surface area contributed by atoms with E-state index in [4.69, 9.17) is 5.84 Å². The van der Waals surface area contributed by atoms with Crippen LogP contribution in [0.2, 0.25) is 0 Å². The first-order valence-corrected chi connectivity index (χ1v) is 4.56. The molecule has 0 radical (unpaired) electrons. The topological polar surface area (TPSA) is 26.0 Å². The van der Waals surface area contributed by atoms with E-state index < -0.39 is 0 Å². The molecule has 1 aromatic rings. The van der Waals surface area contributed by atoms with Gasteiger partial charge in [-0.3, -0.25) is 0 Å². The first kappa shape index (κ1) is 13.4. The second kappa shape index (κ2) is 4.78. The highest BCUT2D eigenvalue weighted by Gasteiger charge is 2.09. The molecule has 0 aromatic heterocycles. The zero-order chi connectivity index (χ0) is 10.1. The van der Waals surface area contributed by atoms with Crippen molar-refractivity contribution in [3.8, 4) is 0 Å². The highest BCUT2D eigenvalue weighted by Crippen LogP contribution is 2.11. The van der Waals surface area contributed by atoms with E-state index in [9.17, 15) is 0 Å². The van der Waals surface area contributed by atoms with Crippen molar-refractivity contribution in [3.05, 3.63) is 34.9 Å². The van der Waals surface area contributed by atoms with Gasteiger partial charge in [0.2, 0.25) is 0 Å². The third-order valence-electron chi connectivity index (χ3n) is 2.16. The number of nitrogens with two attached hydrogens (primary N) is 1. The van der Waals surface area contributed by atoms with E-state index in [0.29, 0.717) is 4.59 Å². The molecular formula is C11H19ClN2. The molecule has 0 atom stereocenters. The lowest BCUT2D eigenvalue weighted by Gasteiger charge is -2.22. The molecule has 0 fully saturated rings. The van der Waals surface area contributed by atoms with Gasteiger partial charge in [0.25, 0.3) is 0 Å². The van der Waals surface area contributed by atoms with E-state index in [1.165, 1.54) is 16.7 Å². The Bertz CT molecular complexity index is 303. The molecule has 0 aliphatic rings. The number of nitrogens with zero attached hydrogens (tertiary/aromatic N) is 1. The summed E-state index contributed by atoms with van der Waals surface area (Å²) in [6.45, 7) is 5.14. The van der Waals surface area contributed by atoms with Crippen molar-refractivity contribution >= 4 is 0 Å². The Morgan fingerprint density at radius 1 is 1.14 bits per heavy atom. The smallest absolute Gasteiger partial charge is 0.121 e. The van der Waals surface area contributed by atoms with Gasteiger partial charge in [0.1, 0.15) is 6.54 Å². The largest absolute Gasteiger partial charge is 1.00 e. The molecule has 0 bridgehead atoms. The molecule has 0 saturated carbocycles. The van der Waals surface area contributed by atoms with Crippen molar-refractivity contribution in [1.29, 1.82) is 0 Å². The second-order valence-corrected chi connectivity index (χ2v) is 4.36. The van der Waals surface area contributed by atoms with Crippen LogP contribution in [0.25, 0.3) is 0 Å². The number of benzene rings is 1. The number of quaternary nitrogens is 1. The Labute approximate surface area is 92.7 Å². The van der Waals surface area contributed by atoms with E-state index in [-0.39, 0.29) is 12.4 Å². The van der Waals surface area contributed by atoms with E-state index in [1.807, 2.05) is 14.1 Å². The molecule has 2 nitrogen and oxygen atoms in total. The zero-order valence-corrected chi connectivity index (χ0v) is 10.1. The fourth-order valence-electron chi connectivity index (χ4n) is 1.37. The van der Waals surface area contributed by atoms with Crippen molar-refractivity contribution in [2.45, 2.75) is 20.4 Å². The Hall–Kier alpha value is -0.570. The number of hydrogen-bond donors (Lipinski definition) is 1. The summed E-state index contributed by atoms with van der Waals surface area (Å²) in [5, 5.41) is 0. The molecule has 14 heavy (non-hydrogen) atoms. The van der Waals surface area contributed by atoms with Crippen LogP contribution in [0.4, 0.5) is 0 Å². The quantitative estimate of drug-likeness (QED) is 0.372. The standard InChI is InChI=1S/C11H19N2.ClH/c1-9-5-6-11(7-10(9)2)8-13(3,4)12;/h5-7H,8,12H2,1-4H3;1H/q+1;/p-1. The second-order valence-electron chi connectivity index (χ2n) is 4.36. The van der Waals surface area contributed by atoms with Gasteiger partial charge in [0.15, 0.2) is 0 Å². The van der Waals surface area contributed by atoms with Crippen molar-refractivity contribution in [1.82, 2.24) is 0 Å². The summed E-state index contributed by atoms with van der Waals surface area (Å²) in [6.07, 6.45) is 0. The van der Waals surface area contributed by atoms with Gasteiger partial charge in [-0.1, -0.05) is 18.2 Å². The average molecular weight is 215 g/mol. The Kier molecular flexibility index (Phi) is 4.59. The lowest BCUT2D eigenvalue weighted by Crippen LogP contribution is -3.00. The van der Waals surface area contributed by atoms with Gasteiger partial charge in [-0.2, -0.15) is 5.84 Å². The fraction of sp³-hybridized carbons (Fsp3) is 0.455. The van der Waals surface area contributed by atoms with E-state index in [1.54, 1.807) is 0 Å². The monoisotopic (exact) mass is 214 g/mol. The number of aryl methyl sites for hydroxylation is 2. The van der Waals surface area contributed by atoms with Crippen LogP contribution < -0.4 is 18.2 Å². The molecule has 0 saturated heterocycles. The molecule has 1 aromatic carbocycles. The minimum atomic E-state index is 0. The van der Waals surface area contributed by atoms with Gasteiger partial charge in [-0.15, -0.1) is 0 Å². The van der Waals surface area contributed by atoms with Crippen LogP contribution >= 0.6 is 0 Å². The van der Waals surface area contributed by atoms with E-state index >= 15 is 0 Å². The first-order chi connectivity index (χ1) is 5.88. The van der Waals surface area contributed by atoms with Crippen molar-refractivity contribution in [2.75, 3.05) is 14.1 Å². The molecule has 0 aliphatic carbocycles. The summed E-state index contributed by atoms with van der Waals surface area (Å²) in [6, 6.07) is 6.51. The SMILES string of the molecule is Cc1ccc(C[N+](C)(C)N)cc1C.[Cl-]. The summed E-state index contributed by atoms with van der Waals surface area (Å²) in [5.74, 6) is 5.89. The number of hydrogen-bond acceptors (Lipinski definition) is 1. The van der Waals surface area contributed by atoms with Crippen LogP contribution in [-0.4, -0.2) is 18.7 Å². The van der Waals surface area contributed by atoms with E-state index in [2.05, 4.69) is 32.0 Å². The van der Waals surface area contributed by atoms with Crippen LogP contribution in [0.5, 0.6) is 0 Å². The van der Waals surface area contributed by atoms with Gasteiger partial charge in [0, 0.05) is 5.56 Å². The van der Waals surface area contributed by atoms with Crippen LogP contribution in [0.3, 0.4) is 0 Å². The van der Waals surface area contributed by atoms with Crippen molar-refractivity contribution in [2.24, 2.45) is 5.84 Å². The third kappa shape index (κ3) is 4.09. The minimum Gasteiger partial charge on any atom is -1.00 e. The van der Waals surface area contributed by atoms with Crippen LogP contribution in [0, 0.1) is 13.8 Å². The van der Waals surface area contributed by atoms with Gasteiger partial charge in [-0.05, 0) is 25.0 Å². The average Bonchev–Trinajstić information content (AvgIpc) is 1.94. The molecule has 0 aliphatic heterocycles. The zero-order valence-electron chi connectivity index (χ0n) is 9.34. The van der Waals surface area contributed by atoms with Crippen LogP contribution in [-0.2, 0) is 6.54 Å². The highest BCUT2D eigenvalue weighted by molar-refractivity contribution is 5.29. The number of rotatable bonds is 2. The molecular weight excluding hydrogens is 196 g/mol. The minimum absolute atomic E-state index is 0. The summed E-state index contributed by atoms with van der Waals surface area (Å²) >= 11 is 0. The summed E-state index contributed by atoms with van der Waals surface area (Å²) in [7, 11) is 3.99. The lowest BCUT2D eigenvalue weighted by atomic mass is 10.1. The number of halogens is 1. The van der Waals surface area contributed by atoms with Crippen LogP contribution in [0.1, 0.15) is 16.7 Å². The first-order valence-electron chi connectivity index (χ1n) is 4.56. The molecule has 0 amide bonds. The normalized spacial score (nSPS) is 10.9. The lowest BCUT2D eigenvalue weighted by molar-refractivity contribution is -0.915. The maximum Gasteiger partial charge on any atom is 0.121 e. The molecule has 0 spiro atoms. The van der Waals surface area contributed by atoms with Gasteiger partial charge in [-0.25, -0.2) is 4.59 Å². The van der Waals surface area contributed by atoms with Crippen molar-refractivity contribution in [3.63, 3.8) is 0 Å². The van der Waals surface area contributed by atoms with Gasteiger partial charge in [0.05, 0.1) is 14.1 Å². The molecule has 1 rings (SSSR count). The molecule has 0 heterocycles. The third-order valence-corrected chi connectivity index (χ3v) is 2.16. The van der Waals surface area contributed by atoms with Crippen molar-refractivity contribution < 1.29 is 17.0 Å². The fourth-order valence-corrected chi connectivity index (χ4v) is 1.37. The Morgan fingerprint density at radius 2 is 1.71 bits per heavy atom. The maximum absolute atomic E-state index is 5.89. The van der Waals surface area contributed by atoms with Crippen LogP contribution in [0.15, 0.2) is 18.2 Å². The summed E-state index contributed by atoms with van der Waals surface area (Å²) in [5.41, 5.74) is 3.98. The summed E-state index contributed by atoms with van der Waals surface area (Å²) < 4.78 is 0.489. The van der Waals surface area contributed by atoms with E-state index in [0.717, 1.165) is 6.54 Å². The van der Waals surface area contributed by atoms with Gasteiger partial charge < -0.3 is 12.4 Å². The molecule has 0 unspecified atom stereocenters. The molecule has 3 heteroatoms. The maximum atomic E-state index is 5.89. The predicted octanol–water partition coefficient (Wildman–Crippen LogP) is -1.24. The summed E-state index contributed by atoms with van der Waals surface area (Å²) in [4.78, 5) is 0.